The number of carbonyl (C=O) groups excluding carboxylic acids is 2. The van der Waals surface area contributed by atoms with Crippen molar-refractivity contribution >= 4 is 29.0 Å². The van der Waals surface area contributed by atoms with Crippen LogP contribution in [0.4, 0.5) is 5.69 Å². The highest BCUT2D eigenvalue weighted by Crippen LogP contribution is 2.22. The second kappa shape index (κ2) is 4.91. The summed E-state index contributed by atoms with van der Waals surface area (Å²) in [5.74, 6) is -0.346. The maximum atomic E-state index is 11.7. The predicted molar refractivity (Wildman–Crippen MR) is 68.6 cm³/mol. The van der Waals surface area contributed by atoms with Crippen molar-refractivity contribution in [3.63, 3.8) is 0 Å². The SMILES string of the molecule is CCOC(=O)c1cc2cc(NC=O)ccc2n1C. The van der Waals surface area contributed by atoms with Crippen LogP contribution < -0.4 is 5.32 Å². The van der Waals surface area contributed by atoms with Gasteiger partial charge in [0, 0.05) is 23.6 Å². The maximum absolute atomic E-state index is 11.7. The van der Waals surface area contributed by atoms with E-state index in [-0.39, 0.29) is 5.97 Å². The van der Waals surface area contributed by atoms with Crippen LogP contribution >= 0.6 is 0 Å². The second-order valence-electron chi connectivity index (χ2n) is 3.84. The molecular formula is C13H14N2O3. The first-order valence-electron chi connectivity index (χ1n) is 5.64. The molecule has 1 aromatic heterocycles. The van der Waals surface area contributed by atoms with E-state index in [9.17, 15) is 9.59 Å². The quantitative estimate of drug-likeness (QED) is 0.662. The number of aryl methyl sites for hydroxylation is 1. The average Bonchev–Trinajstić information content (AvgIpc) is 2.67. The number of hydrogen-bond acceptors (Lipinski definition) is 3. The summed E-state index contributed by atoms with van der Waals surface area (Å²) in [6.45, 7) is 2.12. The Labute approximate surface area is 104 Å². The first-order valence-corrected chi connectivity index (χ1v) is 5.64. The molecule has 5 heteroatoms. The van der Waals surface area contributed by atoms with Gasteiger partial charge in [-0.1, -0.05) is 0 Å². The Hall–Kier alpha value is -2.30. The van der Waals surface area contributed by atoms with E-state index in [2.05, 4.69) is 5.32 Å². The Balaban J connectivity index is 2.48. The van der Waals surface area contributed by atoms with Crippen molar-refractivity contribution in [3.05, 3.63) is 30.0 Å². The zero-order chi connectivity index (χ0) is 13.1. The van der Waals surface area contributed by atoms with Gasteiger partial charge in [-0.05, 0) is 31.2 Å². The lowest BCUT2D eigenvalue weighted by molar-refractivity contribution is -0.105. The van der Waals surface area contributed by atoms with Crippen LogP contribution in [0.2, 0.25) is 0 Å². The van der Waals surface area contributed by atoms with Gasteiger partial charge in [0.15, 0.2) is 0 Å². The smallest absolute Gasteiger partial charge is 0.354 e. The number of nitrogens with zero attached hydrogens (tertiary/aromatic N) is 1. The fourth-order valence-corrected chi connectivity index (χ4v) is 1.91. The van der Waals surface area contributed by atoms with Crippen LogP contribution in [0.3, 0.4) is 0 Å². The predicted octanol–water partition coefficient (Wildman–Crippen LogP) is 1.92. The van der Waals surface area contributed by atoms with E-state index in [1.807, 2.05) is 12.1 Å². The highest BCUT2D eigenvalue weighted by atomic mass is 16.5. The van der Waals surface area contributed by atoms with Gasteiger partial charge in [0.25, 0.3) is 0 Å². The van der Waals surface area contributed by atoms with Gasteiger partial charge >= 0.3 is 5.97 Å². The van der Waals surface area contributed by atoms with Gasteiger partial charge in [-0.25, -0.2) is 4.79 Å². The van der Waals surface area contributed by atoms with Crippen LogP contribution in [0, 0.1) is 0 Å². The molecule has 1 heterocycles. The molecule has 0 fully saturated rings. The number of nitrogens with one attached hydrogen (secondary N) is 1. The third-order valence-electron chi connectivity index (χ3n) is 2.75. The minimum absolute atomic E-state index is 0.346. The Morgan fingerprint density at radius 1 is 1.44 bits per heavy atom. The molecule has 0 unspecified atom stereocenters. The maximum Gasteiger partial charge on any atom is 0.354 e. The van der Waals surface area contributed by atoms with Crippen LogP contribution in [0.25, 0.3) is 10.9 Å². The summed E-state index contributed by atoms with van der Waals surface area (Å²) in [7, 11) is 1.81. The lowest BCUT2D eigenvalue weighted by atomic mass is 10.2. The largest absolute Gasteiger partial charge is 0.461 e. The monoisotopic (exact) mass is 246 g/mol. The number of carbonyl (C=O) groups is 2. The molecule has 1 amide bonds. The van der Waals surface area contributed by atoms with E-state index in [1.165, 1.54) is 0 Å². The molecule has 94 valence electrons. The van der Waals surface area contributed by atoms with Crippen LogP contribution in [0.5, 0.6) is 0 Å². The molecule has 18 heavy (non-hydrogen) atoms. The fraction of sp³-hybridized carbons (Fsp3) is 0.231. The van der Waals surface area contributed by atoms with E-state index < -0.39 is 0 Å². The lowest BCUT2D eigenvalue weighted by Gasteiger charge is -2.03. The molecule has 0 radical (unpaired) electrons. The Bertz CT molecular complexity index is 602. The number of amides is 1. The Kier molecular flexibility index (Phi) is 3.32. The van der Waals surface area contributed by atoms with Crippen LogP contribution in [-0.4, -0.2) is 23.6 Å². The number of rotatable bonds is 4. The molecule has 0 spiro atoms. The van der Waals surface area contributed by atoms with E-state index in [1.54, 1.807) is 30.7 Å². The van der Waals surface area contributed by atoms with Gasteiger partial charge < -0.3 is 14.6 Å². The average molecular weight is 246 g/mol. The molecule has 0 aliphatic carbocycles. The number of ether oxygens (including phenoxy) is 1. The van der Waals surface area contributed by atoms with Crippen molar-refractivity contribution in [2.75, 3.05) is 11.9 Å². The number of fused-ring (bicyclic) bond motifs is 1. The third kappa shape index (κ3) is 2.07. The highest BCUT2D eigenvalue weighted by molar-refractivity contribution is 5.97. The summed E-state index contributed by atoms with van der Waals surface area (Å²) >= 11 is 0. The van der Waals surface area contributed by atoms with E-state index in [4.69, 9.17) is 4.74 Å². The first kappa shape index (κ1) is 12.2. The van der Waals surface area contributed by atoms with Gasteiger partial charge in [0.2, 0.25) is 6.41 Å². The summed E-state index contributed by atoms with van der Waals surface area (Å²) < 4.78 is 6.76. The van der Waals surface area contributed by atoms with Gasteiger partial charge in [-0.2, -0.15) is 0 Å². The molecule has 0 atom stereocenters. The van der Waals surface area contributed by atoms with E-state index >= 15 is 0 Å². The second-order valence-corrected chi connectivity index (χ2v) is 3.84. The van der Waals surface area contributed by atoms with Crippen molar-refractivity contribution in [1.29, 1.82) is 0 Å². The van der Waals surface area contributed by atoms with Gasteiger partial charge in [0.1, 0.15) is 5.69 Å². The highest BCUT2D eigenvalue weighted by Gasteiger charge is 2.14. The molecule has 1 aromatic carbocycles. The van der Waals surface area contributed by atoms with Crippen molar-refractivity contribution in [2.45, 2.75) is 6.92 Å². The van der Waals surface area contributed by atoms with Crippen molar-refractivity contribution in [2.24, 2.45) is 7.05 Å². The van der Waals surface area contributed by atoms with E-state index in [0.29, 0.717) is 24.4 Å². The fourth-order valence-electron chi connectivity index (χ4n) is 1.91. The molecular weight excluding hydrogens is 232 g/mol. The lowest BCUT2D eigenvalue weighted by Crippen LogP contribution is -2.09. The van der Waals surface area contributed by atoms with Crippen LogP contribution in [0.1, 0.15) is 17.4 Å². The molecule has 0 saturated heterocycles. The minimum atomic E-state index is -0.346. The molecule has 0 saturated carbocycles. The molecule has 0 aliphatic heterocycles. The van der Waals surface area contributed by atoms with Crippen LogP contribution in [-0.2, 0) is 16.6 Å². The summed E-state index contributed by atoms with van der Waals surface area (Å²) in [4.78, 5) is 22.1. The van der Waals surface area contributed by atoms with Gasteiger partial charge in [-0.3, -0.25) is 4.79 Å². The van der Waals surface area contributed by atoms with Gasteiger partial charge in [0.05, 0.1) is 6.61 Å². The molecule has 1 N–H and O–H groups in total. The summed E-state index contributed by atoms with van der Waals surface area (Å²) in [6.07, 6.45) is 0.621. The van der Waals surface area contributed by atoms with Crippen molar-refractivity contribution in [1.82, 2.24) is 4.57 Å². The molecule has 5 nitrogen and oxygen atoms in total. The summed E-state index contributed by atoms with van der Waals surface area (Å²) in [6, 6.07) is 7.20. The van der Waals surface area contributed by atoms with Gasteiger partial charge in [-0.15, -0.1) is 0 Å². The van der Waals surface area contributed by atoms with Crippen LogP contribution in [0.15, 0.2) is 24.3 Å². The summed E-state index contributed by atoms with van der Waals surface area (Å²) in [5.41, 5.74) is 2.10. The number of aromatic nitrogens is 1. The van der Waals surface area contributed by atoms with Crippen molar-refractivity contribution < 1.29 is 14.3 Å². The number of hydrogen-bond donors (Lipinski definition) is 1. The Morgan fingerprint density at radius 2 is 2.22 bits per heavy atom. The number of anilines is 1. The standard InChI is InChI=1S/C13H14N2O3/c1-3-18-13(17)12-7-9-6-10(14-8-16)4-5-11(9)15(12)2/h4-8H,3H2,1-2H3,(H,14,16). The zero-order valence-electron chi connectivity index (χ0n) is 10.3. The molecule has 0 aliphatic rings. The molecule has 2 aromatic rings. The summed E-state index contributed by atoms with van der Waals surface area (Å²) in [5, 5.41) is 3.46. The number of benzene rings is 1. The van der Waals surface area contributed by atoms with Crippen molar-refractivity contribution in [3.8, 4) is 0 Å². The van der Waals surface area contributed by atoms with E-state index in [0.717, 1.165) is 10.9 Å². The minimum Gasteiger partial charge on any atom is -0.461 e. The Morgan fingerprint density at radius 3 is 2.89 bits per heavy atom. The normalized spacial score (nSPS) is 10.3. The first-order chi connectivity index (χ1) is 8.67. The number of esters is 1. The zero-order valence-corrected chi connectivity index (χ0v) is 10.3. The molecule has 2 rings (SSSR count). The third-order valence-corrected chi connectivity index (χ3v) is 2.75. The topological polar surface area (TPSA) is 60.3 Å². The molecule has 0 bridgehead atoms.